The fraction of sp³-hybridized carbons (Fsp3) is 0.429. The van der Waals surface area contributed by atoms with Gasteiger partial charge in [-0.1, -0.05) is 30.3 Å². The first kappa shape index (κ1) is 13.5. The summed E-state index contributed by atoms with van der Waals surface area (Å²) in [4.78, 5) is 25.0. The van der Waals surface area contributed by atoms with Crippen LogP contribution in [0.2, 0.25) is 0 Å². The number of aliphatic carboxylic acids is 1. The van der Waals surface area contributed by atoms with Gasteiger partial charge in [-0.2, -0.15) is 0 Å². The van der Waals surface area contributed by atoms with Crippen molar-refractivity contribution in [3.63, 3.8) is 0 Å². The van der Waals surface area contributed by atoms with Gasteiger partial charge in [0.05, 0.1) is 5.41 Å². The number of amides is 1. The number of carbonyl (C=O) groups is 2. The predicted octanol–water partition coefficient (Wildman–Crippen LogP) is 1.01. The normalized spacial score (nSPS) is 24.2. The lowest BCUT2D eigenvalue weighted by Gasteiger charge is -2.23. The summed E-state index contributed by atoms with van der Waals surface area (Å²) in [5.41, 5.74) is 5.84. The average Bonchev–Trinajstić information content (AvgIpc) is 2.82. The Labute approximate surface area is 112 Å². The molecule has 102 valence electrons. The van der Waals surface area contributed by atoms with Crippen molar-refractivity contribution in [1.29, 1.82) is 0 Å². The van der Waals surface area contributed by atoms with E-state index in [4.69, 9.17) is 10.8 Å². The van der Waals surface area contributed by atoms with Crippen molar-refractivity contribution < 1.29 is 14.7 Å². The molecule has 1 aromatic rings. The van der Waals surface area contributed by atoms with Gasteiger partial charge in [0.25, 0.3) is 0 Å². The summed E-state index contributed by atoms with van der Waals surface area (Å²) in [5.74, 6) is -1.08. The molecule has 2 atom stereocenters. The van der Waals surface area contributed by atoms with Crippen molar-refractivity contribution in [2.75, 3.05) is 13.1 Å². The standard InChI is InChI=1S/C14H18N2O3/c1-14(13(18)19)7-8-16(9-14)12(17)11(15)10-5-3-2-4-6-10/h2-6,11H,7-9,15H2,1H3,(H,18,19)/t11-,14?/m1/s1. The molecule has 1 aliphatic heterocycles. The zero-order valence-corrected chi connectivity index (χ0v) is 10.9. The molecule has 1 heterocycles. The van der Waals surface area contributed by atoms with E-state index < -0.39 is 17.4 Å². The van der Waals surface area contributed by atoms with Crippen LogP contribution < -0.4 is 5.73 Å². The Morgan fingerprint density at radius 3 is 2.53 bits per heavy atom. The van der Waals surface area contributed by atoms with E-state index in [1.165, 1.54) is 0 Å². The topological polar surface area (TPSA) is 83.6 Å². The van der Waals surface area contributed by atoms with Gasteiger partial charge in [-0.25, -0.2) is 0 Å². The molecule has 1 amide bonds. The van der Waals surface area contributed by atoms with E-state index in [0.29, 0.717) is 13.0 Å². The largest absolute Gasteiger partial charge is 0.481 e. The Hall–Kier alpha value is -1.88. The summed E-state index contributed by atoms with van der Waals surface area (Å²) in [6.07, 6.45) is 0.468. The number of carboxylic acid groups (broad SMARTS) is 1. The second-order valence-corrected chi connectivity index (χ2v) is 5.26. The highest BCUT2D eigenvalue weighted by molar-refractivity contribution is 5.85. The van der Waals surface area contributed by atoms with Crippen LogP contribution in [-0.4, -0.2) is 35.0 Å². The smallest absolute Gasteiger partial charge is 0.311 e. The van der Waals surface area contributed by atoms with E-state index in [1.807, 2.05) is 18.2 Å². The number of rotatable bonds is 3. The van der Waals surface area contributed by atoms with Crippen LogP contribution in [0.25, 0.3) is 0 Å². The van der Waals surface area contributed by atoms with E-state index >= 15 is 0 Å². The van der Waals surface area contributed by atoms with Gasteiger partial charge >= 0.3 is 5.97 Å². The summed E-state index contributed by atoms with van der Waals surface area (Å²) < 4.78 is 0. The maximum atomic E-state index is 12.3. The Morgan fingerprint density at radius 2 is 2.00 bits per heavy atom. The van der Waals surface area contributed by atoms with Crippen LogP contribution in [0.1, 0.15) is 24.9 Å². The zero-order chi connectivity index (χ0) is 14.0. The van der Waals surface area contributed by atoms with Gasteiger partial charge in [-0.15, -0.1) is 0 Å². The van der Waals surface area contributed by atoms with Crippen molar-refractivity contribution >= 4 is 11.9 Å². The summed E-state index contributed by atoms with van der Waals surface area (Å²) >= 11 is 0. The van der Waals surface area contributed by atoms with E-state index in [9.17, 15) is 9.59 Å². The minimum absolute atomic E-state index is 0.212. The van der Waals surface area contributed by atoms with Gasteiger partial charge in [0.15, 0.2) is 0 Å². The molecular formula is C14H18N2O3. The Kier molecular flexibility index (Phi) is 3.57. The van der Waals surface area contributed by atoms with Crippen LogP contribution in [0.5, 0.6) is 0 Å². The molecule has 0 bridgehead atoms. The van der Waals surface area contributed by atoms with Gasteiger partial charge in [0, 0.05) is 13.1 Å². The summed E-state index contributed by atoms with van der Waals surface area (Å²) in [6.45, 7) is 2.33. The maximum Gasteiger partial charge on any atom is 0.311 e. The number of carbonyl (C=O) groups excluding carboxylic acids is 1. The summed E-state index contributed by atoms with van der Waals surface area (Å²) in [7, 11) is 0. The number of carboxylic acids is 1. The van der Waals surface area contributed by atoms with Gasteiger partial charge < -0.3 is 15.7 Å². The van der Waals surface area contributed by atoms with Crippen LogP contribution in [-0.2, 0) is 9.59 Å². The second kappa shape index (κ2) is 5.01. The quantitative estimate of drug-likeness (QED) is 0.851. The SMILES string of the molecule is CC1(C(=O)O)CCN(C(=O)[C@H](N)c2ccccc2)C1. The van der Waals surface area contributed by atoms with E-state index in [2.05, 4.69) is 0 Å². The molecule has 0 aliphatic carbocycles. The molecule has 1 aromatic carbocycles. The predicted molar refractivity (Wildman–Crippen MR) is 70.3 cm³/mol. The average molecular weight is 262 g/mol. The first-order valence-electron chi connectivity index (χ1n) is 6.27. The Bertz CT molecular complexity index is 489. The molecule has 5 nitrogen and oxygen atoms in total. The molecular weight excluding hydrogens is 244 g/mol. The molecule has 1 saturated heterocycles. The van der Waals surface area contributed by atoms with Crippen molar-refractivity contribution in [1.82, 2.24) is 4.90 Å². The fourth-order valence-corrected chi connectivity index (χ4v) is 2.32. The first-order chi connectivity index (χ1) is 8.94. The van der Waals surface area contributed by atoms with Crippen molar-refractivity contribution in [3.05, 3.63) is 35.9 Å². The molecule has 1 aliphatic rings. The van der Waals surface area contributed by atoms with Crippen molar-refractivity contribution in [3.8, 4) is 0 Å². The molecule has 0 spiro atoms. The third-order valence-corrected chi connectivity index (χ3v) is 3.73. The van der Waals surface area contributed by atoms with Crippen LogP contribution in [0.4, 0.5) is 0 Å². The van der Waals surface area contributed by atoms with Gasteiger partial charge in [0.2, 0.25) is 5.91 Å². The van der Waals surface area contributed by atoms with Crippen LogP contribution in [0.15, 0.2) is 30.3 Å². The summed E-state index contributed by atoms with van der Waals surface area (Å²) in [6, 6.07) is 8.39. The highest BCUT2D eigenvalue weighted by Gasteiger charge is 2.43. The zero-order valence-electron chi connectivity index (χ0n) is 10.9. The third kappa shape index (κ3) is 2.61. The molecule has 5 heteroatoms. The number of nitrogens with two attached hydrogens (primary N) is 1. The highest BCUT2D eigenvalue weighted by Crippen LogP contribution is 2.31. The molecule has 2 rings (SSSR count). The lowest BCUT2D eigenvalue weighted by molar-refractivity contribution is -0.147. The van der Waals surface area contributed by atoms with Crippen molar-refractivity contribution in [2.45, 2.75) is 19.4 Å². The van der Waals surface area contributed by atoms with Gasteiger partial charge in [0.1, 0.15) is 6.04 Å². The highest BCUT2D eigenvalue weighted by atomic mass is 16.4. The number of hydrogen-bond acceptors (Lipinski definition) is 3. The van der Waals surface area contributed by atoms with E-state index in [1.54, 1.807) is 24.0 Å². The molecule has 0 aromatic heterocycles. The molecule has 19 heavy (non-hydrogen) atoms. The second-order valence-electron chi connectivity index (χ2n) is 5.26. The monoisotopic (exact) mass is 262 g/mol. The number of nitrogens with zero attached hydrogens (tertiary/aromatic N) is 1. The van der Waals surface area contributed by atoms with Crippen LogP contribution in [0.3, 0.4) is 0 Å². The van der Waals surface area contributed by atoms with E-state index in [0.717, 1.165) is 5.56 Å². The van der Waals surface area contributed by atoms with Gasteiger partial charge in [-0.05, 0) is 18.9 Å². The lowest BCUT2D eigenvalue weighted by atomic mass is 9.90. The van der Waals surface area contributed by atoms with Crippen molar-refractivity contribution in [2.24, 2.45) is 11.1 Å². The third-order valence-electron chi connectivity index (χ3n) is 3.73. The Morgan fingerprint density at radius 1 is 1.37 bits per heavy atom. The van der Waals surface area contributed by atoms with Gasteiger partial charge in [-0.3, -0.25) is 9.59 Å². The minimum atomic E-state index is -0.865. The molecule has 0 radical (unpaired) electrons. The number of likely N-dealkylation sites (tertiary alicyclic amines) is 1. The first-order valence-corrected chi connectivity index (χ1v) is 6.27. The lowest BCUT2D eigenvalue weighted by Crippen LogP contribution is -2.39. The number of benzene rings is 1. The molecule has 1 fully saturated rings. The molecule has 0 saturated carbocycles. The fourth-order valence-electron chi connectivity index (χ4n) is 2.32. The van der Waals surface area contributed by atoms with E-state index in [-0.39, 0.29) is 12.5 Å². The maximum absolute atomic E-state index is 12.3. The molecule has 3 N–H and O–H groups in total. The Balaban J connectivity index is 2.08. The van der Waals surface area contributed by atoms with Crippen LogP contribution in [0, 0.1) is 5.41 Å². The molecule has 1 unspecified atom stereocenters. The summed E-state index contributed by atoms with van der Waals surface area (Å²) in [5, 5.41) is 9.16. The van der Waals surface area contributed by atoms with Crippen LogP contribution >= 0.6 is 0 Å². The number of hydrogen-bond donors (Lipinski definition) is 2. The minimum Gasteiger partial charge on any atom is -0.481 e.